The van der Waals surface area contributed by atoms with E-state index in [2.05, 4.69) is 9.72 Å². The van der Waals surface area contributed by atoms with Gasteiger partial charge in [0.1, 0.15) is 5.69 Å². The first-order valence-corrected chi connectivity index (χ1v) is 6.15. The van der Waals surface area contributed by atoms with Crippen molar-refractivity contribution in [3.63, 3.8) is 0 Å². The summed E-state index contributed by atoms with van der Waals surface area (Å²) < 4.78 is 4.56. The highest BCUT2D eigenvalue weighted by Gasteiger charge is 2.18. The molecular weight excluding hydrogens is 312 g/mol. The predicted octanol–water partition coefficient (Wildman–Crippen LogP) is 3.71. The molecule has 0 saturated heterocycles. The van der Waals surface area contributed by atoms with Crippen LogP contribution in [0.4, 0.5) is 0 Å². The molecule has 2 aromatic rings. The van der Waals surface area contributed by atoms with Crippen molar-refractivity contribution in [3.8, 4) is 0 Å². The summed E-state index contributed by atoms with van der Waals surface area (Å²) in [4.78, 5) is 27.0. The second-order valence-electron chi connectivity index (χ2n) is 3.60. The zero-order valence-corrected chi connectivity index (χ0v) is 11.8. The maximum atomic E-state index is 11.5. The molecule has 0 aliphatic carbocycles. The molecule has 0 radical (unpaired) electrons. The summed E-state index contributed by atoms with van der Waals surface area (Å²) in [6.45, 7) is 0. The fourth-order valence-electron chi connectivity index (χ4n) is 1.65. The van der Waals surface area contributed by atoms with Crippen molar-refractivity contribution in [2.45, 2.75) is 0 Å². The predicted molar refractivity (Wildman–Crippen MR) is 73.3 cm³/mol. The Bertz CT molecular complexity index is 700. The van der Waals surface area contributed by atoms with Crippen LogP contribution >= 0.6 is 34.8 Å². The second kappa shape index (κ2) is 5.33. The second-order valence-corrected chi connectivity index (χ2v) is 4.79. The molecule has 4 nitrogen and oxygen atoms in total. The van der Waals surface area contributed by atoms with Gasteiger partial charge in [0, 0.05) is 16.0 Å². The Morgan fingerprint density at radius 2 is 1.89 bits per heavy atom. The number of esters is 1. The SMILES string of the molecule is COC(=O)c1cc(C(=O)Cl)c2c(Cl)cc(Cl)cc2n1. The fraction of sp³-hybridized carbons (Fsp3) is 0.0833. The summed E-state index contributed by atoms with van der Waals surface area (Å²) in [7, 11) is 1.21. The number of ether oxygens (including phenoxy) is 1. The quantitative estimate of drug-likeness (QED) is 0.625. The van der Waals surface area contributed by atoms with Crippen LogP contribution in [0.25, 0.3) is 10.9 Å². The van der Waals surface area contributed by atoms with Crippen molar-refractivity contribution in [1.29, 1.82) is 0 Å². The van der Waals surface area contributed by atoms with Crippen molar-refractivity contribution >= 4 is 56.9 Å². The van der Waals surface area contributed by atoms with E-state index in [-0.39, 0.29) is 16.3 Å². The largest absolute Gasteiger partial charge is 0.464 e. The number of hydrogen-bond donors (Lipinski definition) is 0. The van der Waals surface area contributed by atoms with Gasteiger partial charge in [-0.05, 0) is 29.8 Å². The minimum absolute atomic E-state index is 0.0441. The van der Waals surface area contributed by atoms with Crippen molar-refractivity contribution in [3.05, 3.63) is 39.5 Å². The van der Waals surface area contributed by atoms with Crippen molar-refractivity contribution in [2.24, 2.45) is 0 Å². The number of carbonyl (C=O) groups is 2. The van der Waals surface area contributed by atoms with Gasteiger partial charge in [-0.1, -0.05) is 23.2 Å². The lowest BCUT2D eigenvalue weighted by Gasteiger charge is -2.07. The van der Waals surface area contributed by atoms with Crippen LogP contribution in [-0.4, -0.2) is 23.3 Å². The van der Waals surface area contributed by atoms with Crippen LogP contribution in [0.15, 0.2) is 18.2 Å². The van der Waals surface area contributed by atoms with Gasteiger partial charge in [-0.25, -0.2) is 9.78 Å². The zero-order chi connectivity index (χ0) is 14.2. The van der Waals surface area contributed by atoms with Gasteiger partial charge in [0.15, 0.2) is 0 Å². The van der Waals surface area contributed by atoms with Crippen LogP contribution < -0.4 is 0 Å². The number of carbonyl (C=O) groups excluding carboxylic acids is 2. The summed E-state index contributed by atoms with van der Waals surface area (Å²) in [5, 5.41) is 0.163. The normalized spacial score (nSPS) is 10.5. The van der Waals surface area contributed by atoms with E-state index in [0.717, 1.165) is 0 Å². The molecule has 1 heterocycles. The van der Waals surface area contributed by atoms with Gasteiger partial charge < -0.3 is 4.74 Å². The van der Waals surface area contributed by atoms with Crippen LogP contribution in [-0.2, 0) is 4.74 Å². The minimum atomic E-state index is -0.748. The molecule has 0 aliphatic heterocycles. The molecule has 19 heavy (non-hydrogen) atoms. The van der Waals surface area contributed by atoms with Gasteiger partial charge in [-0.3, -0.25) is 4.79 Å². The Labute approximate surface area is 123 Å². The summed E-state index contributed by atoms with van der Waals surface area (Å²) in [5.41, 5.74) is 0.329. The van der Waals surface area contributed by atoms with E-state index in [1.165, 1.54) is 25.3 Å². The number of nitrogens with zero attached hydrogens (tertiary/aromatic N) is 1. The molecule has 0 aliphatic rings. The van der Waals surface area contributed by atoms with E-state index >= 15 is 0 Å². The van der Waals surface area contributed by atoms with Crippen molar-refractivity contribution in [1.82, 2.24) is 4.98 Å². The highest BCUT2D eigenvalue weighted by atomic mass is 35.5. The molecule has 0 spiro atoms. The third-order valence-electron chi connectivity index (χ3n) is 2.43. The molecule has 0 fully saturated rings. The van der Waals surface area contributed by atoms with Gasteiger partial charge in [-0.15, -0.1) is 0 Å². The Balaban J connectivity index is 2.87. The fourth-order valence-corrected chi connectivity index (χ4v) is 2.38. The van der Waals surface area contributed by atoms with Gasteiger partial charge >= 0.3 is 5.97 Å². The molecule has 0 saturated carbocycles. The van der Waals surface area contributed by atoms with Crippen LogP contribution in [0.1, 0.15) is 20.8 Å². The van der Waals surface area contributed by atoms with Crippen LogP contribution in [0.5, 0.6) is 0 Å². The van der Waals surface area contributed by atoms with Crippen LogP contribution in [0, 0.1) is 0 Å². The average Bonchev–Trinajstić information content (AvgIpc) is 2.35. The third kappa shape index (κ3) is 2.66. The topological polar surface area (TPSA) is 56.3 Å². The van der Waals surface area contributed by atoms with E-state index in [1.54, 1.807) is 0 Å². The Morgan fingerprint density at radius 1 is 1.21 bits per heavy atom. The first-order chi connectivity index (χ1) is 8.93. The lowest BCUT2D eigenvalue weighted by atomic mass is 10.1. The molecule has 2 rings (SSSR count). The highest BCUT2D eigenvalue weighted by molar-refractivity contribution is 6.69. The minimum Gasteiger partial charge on any atom is -0.464 e. The summed E-state index contributed by atoms with van der Waals surface area (Å²) in [6.07, 6.45) is 0. The third-order valence-corrected chi connectivity index (χ3v) is 3.15. The number of methoxy groups -OCH3 is 1. The standard InChI is InChI=1S/C12H6Cl3NO3/c1-19-12(18)9-4-6(11(15)17)10-7(14)2-5(13)3-8(10)16-9/h2-4H,1H3. The number of hydrogen-bond acceptors (Lipinski definition) is 4. The maximum absolute atomic E-state index is 11.5. The number of halogens is 3. The Kier molecular flexibility index (Phi) is 3.94. The molecule has 0 N–H and O–H groups in total. The number of rotatable bonds is 2. The first-order valence-electron chi connectivity index (χ1n) is 5.02. The number of pyridine rings is 1. The van der Waals surface area contributed by atoms with Crippen LogP contribution in [0.3, 0.4) is 0 Å². The molecule has 0 atom stereocenters. The average molecular weight is 319 g/mol. The molecule has 0 amide bonds. The Hall–Kier alpha value is -1.36. The molecule has 1 aromatic heterocycles. The molecule has 0 unspecified atom stereocenters. The molecule has 0 bridgehead atoms. The molecule has 98 valence electrons. The highest BCUT2D eigenvalue weighted by Crippen LogP contribution is 2.31. The van der Waals surface area contributed by atoms with E-state index in [0.29, 0.717) is 15.9 Å². The molecule has 1 aromatic carbocycles. The summed E-state index contributed by atoms with van der Waals surface area (Å²) in [6, 6.07) is 4.19. The van der Waals surface area contributed by atoms with Crippen molar-refractivity contribution in [2.75, 3.05) is 7.11 Å². The monoisotopic (exact) mass is 317 g/mol. The van der Waals surface area contributed by atoms with Gasteiger partial charge in [0.2, 0.25) is 0 Å². The Morgan fingerprint density at radius 3 is 2.47 bits per heavy atom. The smallest absolute Gasteiger partial charge is 0.356 e. The number of fused-ring (bicyclic) bond motifs is 1. The molecular formula is C12H6Cl3NO3. The lowest BCUT2D eigenvalue weighted by Crippen LogP contribution is -2.07. The number of benzene rings is 1. The van der Waals surface area contributed by atoms with Gasteiger partial charge in [0.05, 0.1) is 17.6 Å². The van der Waals surface area contributed by atoms with Gasteiger partial charge in [-0.2, -0.15) is 0 Å². The zero-order valence-electron chi connectivity index (χ0n) is 9.54. The summed E-state index contributed by atoms with van der Waals surface area (Å²) in [5.74, 6) is -0.683. The first kappa shape index (κ1) is 14.1. The lowest BCUT2D eigenvalue weighted by molar-refractivity contribution is 0.0594. The van der Waals surface area contributed by atoms with Gasteiger partial charge in [0.25, 0.3) is 5.24 Å². The van der Waals surface area contributed by atoms with Crippen molar-refractivity contribution < 1.29 is 14.3 Å². The van der Waals surface area contributed by atoms with E-state index in [1.807, 2.05) is 0 Å². The van der Waals surface area contributed by atoms with E-state index in [9.17, 15) is 9.59 Å². The van der Waals surface area contributed by atoms with E-state index < -0.39 is 11.2 Å². The number of aromatic nitrogens is 1. The van der Waals surface area contributed by atoms with Crippen LogP contribution in [0.2, 0.25) is 10.0 Å². The molecule has 7 heteroatoms. The summed E-state index contributed by atoms with van der Waals surface area (Å²) >= 11 is 17.4. The maximum Gasteiger partial charge on any atom is 0.356 e. The van der Waals surface area contributed by atoms with E-state index in [4.69, 9.17) is 34.8 Å².